The molecular formula is C18H32O3Si. The summed E-state index contributed by atoms with van der Waals surface area (Å²) in [6.07, 6.45) is 0.964. The zero-order valence-electron chi connectivity index (χ0n) is 15.0. The first-order valence-electron chi connectivity index (χ1n) is 8.04. The highest BCUT2D eigenvalue weighted by Crippen LogP contribution is 2.36. The van der Waals surface area contributed by atoms with Gasteiger partial charge in [-0.15, -0.1) is 0 Å². The molecule has 0 spiro atoms. The molecule has 0 aliphatic rings. The maximum atomic E-state index is 6.19. The van der Waals surface area contributed by atoms with E-state index in [-0.39, 0.29) is 11.1 Å². The van der Waals surface area contributed by atoms with E-state index in [0.717, 1.165) is 13.0 Å². The van der Waals surface area contributed by atoms with Crippen molar-refractivity contribution in [3.05, 3.63) is 35.9 Å². The monoisotopic (exact) mass is 324 g/mol. The average Bonchev–Trinajstić information content (AvgIpc) is 2.45. The Labute approximate surface area is 137 Å². The molecule has 0 heterocycles. The largest absolute Gasteiger partial charge is 0.417 e. The van der Waals surface area contributed by atoms with Crippen molar-refractivity contribution in [1.82, 2.24) is 0 Å². The first kappa shape index (κ1) is 19.4. The summed E-state index contributed by atoms with van der Waals surface area (Å²) in [5.41, 5.74) is 1.19. The Balaban J connectivity index is 2.28. The normalized spacial score (nSPS) is 14.1. The summed E-state index contributed by atoms with van der Waals surface area (Å²) in [7, 11) is 0.0742. The van der Waals surface area contributed by atoms with Crippen LogP contribution in [-0.4, -0.2) is 34.7 Å². The maximum absolute atomic E-state index is 6.19. The molecule has 0 saturated heterocycles. The molecule has 1 atom stereocenters. The molecule has 3 nitrogen and oxygen atoms in total. The Morgan fingerprint density at radius 3 is 2.27 bits per heavy atom. The lowest BCUT2D eigenvalue weighted by Gasteiger charge is -2.36. The molecule has 1 aromatic carbocycles. The third-order valence-corrected chi connectivity index (χ3v) is 9.00. The molecular weight excluding hydrogens is 292 g/mol. The van der Waals surface area contributed by atoms with Crippen LogP contribution in [0.2, 0.25) is 18.1 Å². The second kappa shape index (κ2) is 8.82. The van der Waals surface area contributed by atoms with E-state index < -0.39 is 8.32 Å². The molecule has 0 aliphatic carbocycles. The van der Waals surface area contributed by atoms with Crippen molar-refractivity contribution < 1.29 is 13.9 Å². The second-order valence-electron chi connectivity index (χ2n) is 7.26. The third-order valence-electron chi connectivity index (χ3n) is 4.46. The van der Waals surface area contributed by atoms with E-state index in [1.807, 2.05) is 18.2 Å². The molecule has 126 valence electrons. The first-order valence-corrected chi connectivity index (χ1v) is 11.0. The van der Waals surface area contributed by atoms with Crippen LogP contribution >= 0.6 is 0 Å². The molecule has 4 heteroatoms. The second-order valence-corrected chi connectivity index (χ2v) is 12.1. The number of benzene rings is 1. The van der Waals surface area contributed by atoms with Crippen LogP contribution < -0.4 is 0 Å². The Bertz CT molecular complexity index is 412. The van der Waals surface area contributed by atoms with Crippen LogP contribution in [0.25, 0.3) is 0 Å². The van der Waals surface area contributed by atoms with Gasteiger partial charge in [-0.1, -0.05) is 51.1 Å². The Morgan fingerprint density at radius 2 is 1.73 bits per heavy atom. The summed E-state index contributed by atoms with van der Waals surface area (Å²) < 4.78 is 17.4. The molecule has 0 unspecified atom stereocenters. The van der Waals surface area contributed by atoms with Gasteiger partial charge in [0.25, 0.3) is 0 Å². The average molecular weight is 325 g/mol. The van der Waals surface area contributed by atoms with Crippen LogP contribution in [0.3, 0.4) is 0 Å². The summed E-state index contributed by atoms with van der Waals surface area (Å²) in [6.45, 7) is 13.3. The number of rotatable bonds is 9. The Kier molecular flexibility index (Phi) is 7.76. The van der Waals surface area contributed by atoms with E-state index in [2.05, 4.69) is 46.0 Å². The quantitative estimate of drug-likeness (QED) is 0.620. The van der Waals surface area contributed by atoms with E-state index in [0.29, 0.717) is 13.2 Å². The number of hydrogen-bond acceptors (Lipinski definition) is 3. The fraction of sp³-hybridized carbons (Fsp3) is 0.667. The van der Waals surface area contributed by atoms with Crippen molar-refractivity contribution in [2.75, 3.05) is 20.3 Å². The van der Waals surface area contributed by atoms with E-state index in [9.17, 15) is 0 Å². The molecule has 1 rings (SSSR count). The third kappa shape index (κ3) is 6.61. The molecule has 0 radical (unpaired) electrons. The minimum atomic E-state index is -1.66. The summed E-state index contributed by atoms with van der Waals surface area (Å²) in [5, 5.41) is 0.249. The highest BCUT2D eigenvalue weighted by Gasteiger charge is 2.37. The van der Waals surface area contributed by atoms with Gasteiger partial charge >= 0.3 is 0 Å². The molecule has 0 N–H and O–H groups in total. The lowest BCUT2D eigenvalue weighted by Crippen LogP contribution is -2.41. The van der Waals surface area contributed by atoms with Crippen LogP contribution in [0.15, 0.2) is 30.3 Å². The van der Waals surface area contributed by atoms with Gasteiger partial charge in [0, 0.05) is 13.7 Å². The molecule has 1 aromatic rings. The topological polar surface area (TPSA) is 27.7 Å². The van der Waals surface area contributed by atoms with Crippen molar-refractivity contribution in [3.63, 3.8) is 0 Å². The van der Waals surface area contributed by atoms with Crippen molar-refractivity contribution in [2.24, 2.45) is 0 Å². The van der Waals surface area contributed by atoms with Crippen molar-refractivity contribution in [3.8, 4) is 0 Å². The molecule has 0 fully saturated rings. The Morgan fingerprint density at radius 1 is 1.09 bits per heavy atom. The smallest absolute Gasteiger partial charge is 0.191 e. The highest BCUT2D eigenvalue weighted by molar-refractivity contribution is 6.74. The van der Waals surface area contributed by atoms with Crippen molar-refractivity contribution in [1.29, 1.82) is 0 Å². The molecule has 0 saturated carbocycles. The van der Waals surface area contributed by atoms with Crippen LogP contribution in [0, 0.1) is 0 Å². The van der Waals surface area contributed by atoms with Gasteiger partial charge in [-0.3, -0.25) is 0 Å². The number of hydrogen-bond donors (Lipinski definition) is 0. The predicted molar refractivity (Wildman–Crippen MR) is 94.7 cm³/mol. The summed E-state index contributed by atoms with van der Waals surface area (Å²) in [6, 6.07) is 10.2. The van der Waals surface area contributed by atoms with Gasteiger partial charge in [0.05, 0.1) is 19.3 Å². The Hall–Kier alpha value is -0.683. The standard InChI is InChI=1S/C18H32O3Si/c1-18(2,3)22(5,6)21-13-12-17(19-4)15-20-14-16-10-8-7-9-11-16/h7-11,17H,12-15H2,1-6H3/t17-/m1/s1. The van der Waals surface area contributed by atoms with Crippen molar-refractivity contribution in [2.45, 2.75) is 58.0 Å². The lowest BCUT2D eigenvalue weighted by atomic mass is 10.2. The number of methoxy groups -OCH3 is 1. The SMILES string of the molecule is CO[C@H](CCO[Si](C)(C)C(C)(C)C)COCc1ccccc1. The summed E-state index contributed by atoms with van der Waals surface area (Å²) in [5.74, 6) is 0. The molecule has 0 bridgehead atoms. The first-order chi connectivity index (χ1) is 10.3. The maximum Gasteiger partial charge on any atom is 0.191 e. The van der Waals surface area contributed by atoms with Crippen LogP contribution in [0.4, 0.5) is 0 Å². The molecule has 0 amide bonds. The summed E-state index contributed by atoms with van der Waals surface area (Å²) >= 11 is 0. The van der Waals surface area contributed by atoms with Gasteiger partial charge in [-0.25, -0.2) is 0 Å². The van der Waals surface area contributed by atoms with E-state index in [1.54, 1.807) is 7.11 Å². The zero-order valence-corrected chi connectivity index (χ0v) is 16.0. The van der Waals surface area contributed by atoms with E-state index in [4.69, 9.17) is 13.9 Å². The molecule has 0 aliphatic heterocycles. The predicted octanol–water partition coefficient (Wildman–Crippen LogP) is 4.63. The number of ether oxygens (including phenoxy) is 2. The van der Waals surface area contributed by atoms with E-state index >= 15 is 0 Å². The van der Waals surface area contributed by atoms with Gasteiger partial charge in [-0.05, 0) is 30.1 Å². The van der Waals surface area contributed by atoms with Gasteiger partial charge in [0.2, 0.25) is 0 Å². The van der Waals surface area contributed by atoms with Gasteiger partial charge < -0.3 is 13.9 Å². The van der Waals surface area contributed by atoms with Crippen molar-refractivity contribution >= 4 is 8.32 Å². The van der Waals surface area contributed by atoms with Crippen LogP contribution in [-0.2, 0) is 20.5 Å². The van der Waals surface area contributed by atoms with Gasteiger partial charge in [0.1, 0.15) is 0 Å². The minimum absolute atomic E-state index is 0.0912. The fourth-order valence-electron chi connectivity index (χ4n) is 1.81. The molecule has 0 aromatic heterocycles. The van der Waals surface area contributed by atoms with Crippen LogP contribution in [0.1, 0.15) is 32.8 Å². The summed E-state index contributed by atoms with van der Waals surface area (Å²) in [4.78, 5) is 0. The van der Waals surface area contributed by atoms with Gasteiger partial charge in [-0.2, -0.15) is 0 Å². The van der Waals surface area contributed by atoms with E-state index in [1.165, 1.54) is 5.56 Å². The molecule has 22 heavy (non-hydrogen) atoms. The highest BCUT2D eigenvalue weighted by atomic mass is 28.4. The van der Waals surface area contributed by atoms with Gasteiger partial charge in [0.15, 0.2) is 8.32 Å². The fourth-order valence-corrected chi connectivity index (χ4v) is 2.87. The van der Waals surface area contributed by atoms with Crippen LogP contribution in [0.5, 0.6) is 0 Å². The zero-order chi connectivity index (χ0) is 16.6. The lowest BCUT2D eigenvalue weighted by molar-refractivity contribution is -0.00816. The minimum Gasteiger partial charge on any atom is -0.417 e.